The lowest BCUT2D eigenvalue weighted by molar-refractivity contribution is -0.157. The van der Waals surface area contributed by atoms with E-state index in [2.05, 4.69) is 16.0 Å². The summed E-state index contributed by atoms with van der Waals surface area (Å²) in [6.45, 7) is 3.49. The number of hydrogen-bond acceptors (Lipinski definition) is 7. The molecule has 0 aliphatic carbocycles. The monoisotopic (exact) mass is 554 g/mol. The Labute approximate surface area is 225 Å². The van der Waals surface area contributed by atoms with E-state index in [0.29, 0.717) is 38.4 Å². The number of hydrogen-bond donors (Lipinski definition) is 3. The fourth-order valence-corrected chi connectivity index (χ4v) is 4.19. The first-order chi connectivity index (χ1) is 18.5. The molecule has 216 valence electrons. The SMILES string of the molecule is CCCCCNC(=O)N[C@@H](Cc1cc(F)cc(F)c1)C(=O)N[C@@H](COC(=O)C1CCCN1C(C)=O)C(=O)OC. The van der Waals surface area contributed by atoms with E-state index in [1.54, 1.807) is 0 Å². The number of unbranched alkanes of at least 4 members (excludes halogenated alkanes) is 2. The van der Waals surface area contributed by atoms with Crippen molar-refractivity contribution in [1.29, 1.82) is 0 Å². The van der Waals surface area contributed by atoms with Crippen LogP contribution < -0.4 is 16.0 Å². The van der Waals surface area contributed by atoms with Gasteiger partial charge in [0.05, 0.1) is 7.11 Å². The molecule has 3 atom stereocenters. The first-order valence-electron chi connectivity index (χ1n) is 12.9. The normalized spacial score (nSPS) is 16.1. The maximum absolute atomic E-state index is 13.8. The largest absolute Gasteiger partial charge is 0.467 e. The molecule has 13 heteroatoms. The average molecular weight is 555 g/mol. The number of ether oxygens (including phenoxy) is 2. The number of amides is 4. The van der Waals surface area contributed by atoms with Gasteiger partial charge in [0, 0.05) is 32.5 Å². The van der Waals surface area contributed by atoms with Crippen LogP contribution in [0.3, 0.4) is 0 Å². The Morgan fingerprint density at radius 1 is 1.05 bits per heavy atom. The van der Waals surface area contributed by atoms with Gasteiger partial charge in [0.2, 0.25) is 11.8 Å². The van der Waals surface area contributed by atoms with Gasteiger partial charge in [-0.1, -0.05) is 19.8 Å². The van der Waals surface area contributed by atoms with E-state index in [9.17, 15) is 32.8 Å². The summed E-state index contributed by atoms with van der Waals surface area (Å²) in [5.74, 6) is -4.55. The first-order valence-corrected chi connectivity index (χ1v) is 12.9. The smallest absolute Gasteiger partial charge is 0.331 e. The van der Waals surface area contributed by atoms with Crippen molar-refractivity contribution in [3.8, 4) is 0 Å². The fraction of sp³-hybridized carbons (Fsp3) is 0.577. The molecule has 1 fully saturated rings. The third-order valence-electron chi connectivity index (χ3n) is 6.17. The van der Waals surface area contributed by atoms with Gasteiger partial charge in [0.1, 0.15) is 30.3 Å². The lowest BCUT2D eigenvalue weighted by Gasteiger charge is -2.24. The van der Waals surface area contributed by atoms with E-state index in [-0.39, 0.29) is 17.9 Å². The topological polar surface area (TPSA) is 143 Å². The zero-order valence-electron chi connectivity index (χ0n) is 22.4. The summed E-state index contributed by atoms with van der Waals surface area (Å²) < 4.78 is 37.4. The van der Waals surface area contributed by atoms with Gasteiger partial charge in [-0.25, -0.2) is 23.2 Å². The van der Waals surface area contributed by atoms with Crippen LogP contribution in [0.25, 0.3) is 0 Å². The Morgan fingerprint density at radius 3 is 2.36 bits per heavy atom. The summed E-state index contributed by atoms with van der Waals surface area (Å²) in [4.78, 5) is 63.6. The van der Waals surface area contributed by atoms with Crippen molar-refractivity contribution in [2.75, 3.05) is 26.8 Å². The van der Waals surface area contributed by atoms with Crippen molar-refractivity contribution in [3.63, 3.8) is 0 Å². The van der Waals surface area contributed by atoms with Crippen LogP contribution in [0.5, 0.6) is 0 Å². The minimum atomic E-state index is -1.44. The number of urea groups is 1. The fourth-order valence-electron chi connectivity index (χ4n) is 4.19. The summed E-state index contributed by atoms with van der Waals surface area (Å²) in [5.41, 5.74) is 0.0885. The third-order valence-corrected chi connectivity index (χ3v) is 6.17. The van der Waals surface area contributed by atoms with Crippen molar-refractivity contribution in [2.45, 2.75) is 70.5 Å². The predicted octanol–water partition coefficient (Wildman–Crippen LogP) is 1.58. The van der Waals surface area contributed by atoms with Gasteiger partial charge in [-0.15, -0.1) is 0 Å². The molecule has 1 aromatic rings. The molecule has 0 bridgehead atoms. The van der Waals surface area contributed by atoms with Crippen LogP contribution in [0.2, 0.25) is 0 Å². The third kappa shape index (κ3) is 10.1. The van der Waals surface area contributed by atoms with Gasteiger partial charge >= 0.3 is 18.0 Å². The van der Waals surface area contributed by atoms with Gasteiger partial charge < -0.3 is 30.3 Å². The number of benzene rings is 1. The lowest BCUT2D eigenvalue weighted by atomic mass is 10.0. The zero-order valence-corrected chi connectivity index (χ0v) is 22.4. The molecule has 4 amide bonds. The molecule has 1 saturated heterocycles. The van der Waals surface area contributed by atoms with Crippen LogP contribution in [-0.4, -0.2) is 79.6 Å². The molecule has 1 aliphatic heterocycles. The van der Waals surface area contributed by atoms with Gasteiger partial charge in [-0.3, -0.25) is 9.59 Å². The Morgan fingerprint density at radius 2 is 1.74 bits per heavy atom. The first kappa shape index (κ1) is 31.4. The summed E-state index contributed by atoms with van der Waals surface area (Å²) in [6.07, 6.45) is 3.26. The number of carbonyl (C=O) groups is 5. The maximum atomic E-state index is 13.8. The van der Waals surface area contributed by atoms with E-state index >= 15 is 0 Å². The van der Waals surface area contributed by atoms with Crippen molar-refractivity contribution in [2.24, 2.45) is 0 Å². The van der Waals surface area contributed by atoms with Crippen molar-refractivity contribution in [3.05, 3.63) is 35.4 Å². The number of methoxy groups -OCH3 is 1. The number of halogens is 2. The molecular formula is C26H36F2N4O7. The molecule has 2 rings (SSSR count). The molecular weight excluding hydrogens is 518 g/mol. The number of nitrogens with zero attached hydrogens (tertiary/aromatic N) is 1. The van der Waals surface area contributed by atoms with E-state index in [1.807, 2.05) is 6.92 Å². The molecule has 11 nitrogen and oxygen atoms in total. The van der Waals surface area contributed by atoms with Crippen molar-refractivity contribution in [1.82, 2.24) is 20.9 Å². The van der Waals surface area contributed by atoms with E-state index in [4.69, 9.17) is 9.47 Å². The van der Waals surface area contributed by atoms with Crippen LogP contribution in [-0.2, 0) is 35.1 Å². The molecule has 0 spiro atoms. The Hall–Kier alpha value is -3.77. The highest BCUT2D eigenvalue weighted by Gasteiger charge is 2.35. The molecule has 1 aliphatic rings. The lowest BCUT2D eigenvalue weighted by Crippen LogP contribution is -2.55. The number of esters is 2. The molecule has 1 unspecified atom stereocenters. The number of likely N-dealkylation sites (tertiary alicyclic amines) is 1. The van der Waals surface area contributed by atoms with Crippen LogP contribution in [0, 0.1) is 11.6 Å². The van der Waals surface area contributed by atoms with Crippen molar-refractivity contribution < 1.29 is 42.2 Å². The van der Waals surface area contributed by atoms with Crippen LogP contribution >= 0.6 is 0 Å². The minimum Gasteiger partial charge on any atom is -0.467 e. The van der Waals surface area contributed by atoms with Crippen LogP contribution in [0.1, 0.15) is 51.5 Å². The molecule has 0 aromatic heterocycles. The molecule has 1 aromatic carbocycles. The highest BCUT2D eigenvalue weighted by atomic mass is 19.1. The van der Waals surface area contributed by atoms with Crippen molar-refractivity contribution >= 4 is 29.8 Å². The number of rotatable bonds is 13. The Bertz CT molecular complexity index is 1020. The predicted molar refractivity (Wildman–Crippen MR) is 135 cm³/mol. The Balaban J connectivity index is 2.13. The zero-order chi connectivity index (χ0) is 28.9. The second-order valence-corrected chi connectivity index (χ2v) is 9.23. The molecule has 1 heterocycles. The number of nitrogens with one attached hydrogen (secondary N) is 3. The molecule has 0 radical (unpaired) electrons. The quantitative estimate of drug-likeness (QED) is 0.248. The maximum Gasteiger partial charge on any atom is 0.331 e. The molecule has 3 N–H and O–H groups in total. The summed E-state index contributed by atoms with van der Waals surface area (Å²) in [6, 6.07) is -1.56. The second-order valence-electron chi connectivity index (χ2n) is 9.23. The molecule has 0 saturated carbocycles. The van der Waals surface area contributed by atoms with E-state index in [1.165, 1.54) is 11.8 Å². The highest BCUT2D eigenvalue weighted by Crippen LogP contribution is 2.18. The standard InChI is InChI=1S/C26H36F2N4O7/c1-4-5-6-9-29-26(37)31-20(13-17-11-18(27)14-19(28)12-17)23(34)30-21(24(35)38-3)15-39-25(36)22-8-7-10-32(22)16(2)33/h11-12,14,20-22H,4-10,13,15H2,1-3H3,(H,30,34)(H2,29,31,37)/t20-,21-,22?/m0/s1. The van der Waals surface area contributed by atoms with Crippen LogP contribution in [0.4, 0.5) is 13.6 Å². The van der Waals surface area contributed by atoms with Gasteiger partial charge in [0.25, 0.3) is 0 Å². The minimum absolute atomic E-state index is 0.0885. The van der Waals surface area contributed by atoms with Gasteiger partial charge in [-0.2, -0.15) is 0 Å². The number of carbonyl (C=O) groups excluding carboxylic acids is 5. The molecule has 39 heavy (non-hydrogen) atoms. The van der Waals surface area contributed by atoms with E-state index < -0.39 is 60.2 Å². The summed E-state index contributed by atoms with van der Waals surface area (Å²) >= 11 is 0. The highest BCUT2D eigenvalue weighted by molar-refractivity contribution is 5.91. The summed E-state index contributed by atoms with van der Waals surface area (Å²) in [7, 11) is 1.08. The van der Waals surface area contributed by atoms with Gasteiger partial charge in [-0.05, 0) is 37.0 Å². The van der Waals surface area contributed by atoms with Gasteiger partial charge in [0.15, 0.2) is 6.04 Å². The summed E-state index contributed by atoms with van der Waals surface area (Å²) in [5, 5.41) is 7.45. The Kier molecular flexibility index (Phi) is 12.6. The van der Waals surface area contributed by atoms with E-state index in [0.717, 1.165) is 32.1 Å². The second kappa shape index (κ2) is 15.6. The van der Waals surface area contributed by atoms with Crippen LogP contribution in [0.15, 0.2) is 18.2 Å². The average Bonchev–Trinajstić information content (AvgIpc) is 3.38.